The standard InChI is InChI=1S/C17H22N4O4/c1-25-17(22)13-5-9-20(10-6-13)8-2-7-19-16-4-3-15(21(23)24)11-14(16)12-18/h3-4,11,13,19H,2,5-10H2,1H3. The van der Waals surface area contributed by atoms with Gasteiger partial charge in [0.1, 0.15) is 6.07 Å². The Balaban J connectivity index is 1.74. The maximum Gasteiger partial charge on any atom is 0.308 e. The number of benzene rings is 1. The van der Waals surface area contributed by atoms with Gasteiger partial charge in [0, 0.05) is 18.7 Å². The first kappa shape index (κ1) is 18.7. The molecule has 0 amide bonds. The number of nitrogens with zero attached hydrogens (tertiary/aromatic N) is 3. The number of piperidine rings is 1. The number of anilines is 1. The lowest BCUT2D eigenvalue weighted by Crippen LogP contribution is -2.37. The minimum Gasteiger partial charge on any atom is -0.469 e. The largest absolute Gasteiger partial charge is 0.469 e. The van der Waals surface area contributed by atoms with Gasteiger partial charge in [0.15, 0.2) is 0 Å². The molecule has 25 heavy (non-hydrogen) atoms. The van der Waals surface area contributed by atoms with E-state index >= 15 is 0 Å². The number of nitriles is 1. The van der Waals surface area contributed by atoms with Crippen LogP contribution in [0.2, 0.25) is 0 Å². The van der Waals surface area contributed by atoms with Crippen LogP contribution in [0.4, 0.5) is 11.4 Å². The van der Waals surface area contributed by atoms with Gasteiger partial charge in [0.2, 0.25) is 0 Å². The molecule has 1 aromatic carbocycles. The molecule has 1 aliphatic heterocycles. The number of carbonyl (C=O) groups is 1. The molecular weight excluding hydrogens is 324 g/mol. The summed E-state index contributed by atoms with van der Waals surface area (Å²) in [6.45, 7) is 3.32. The van der Waals surface area contributed by atoms with Crippen molar-refractivity contribution in [3.63, 3.8) is 0 Å². The fourth-order valence-electron chi connectivity index (χ4n) is 2.98. The average Bonchev–Trinajstić information content (AvgIpc) is 2.64. The molecule has 0 atom stereocenters. The van der Waals surface area contributed by atoms with Crippen molar-refractivity contribution in [1.29, 1.82) is 5.26 Å². The summed E-state index contributed by atoms with van der Waals surface area (Å²) < 4.78 is 4.78. The number of hydrogen-bond acceptors (Lipinski definition) is 7. The van der Waals surface area contributed by atoms with Crippen LogP contribution < -0.4 is 5.32 Å². The molecule has 1 heterocycles. The average molecular weight is 346 g/mol. The highest BCUT2D eigenvalue weighted by molar-refractivity contribution is 5.72. The van der Waals surface area contributed by atoms with Gasteiger partial charge in [-0.15, -0.1) is 0 Å². The summed E-state index contributed by atoms with van der Waals surface area (Å²) in [7, 11) is 1.42. The molecule has 134 valence electrons. The van der Waals surface area contributed by atoms with Gasteiger partial charge in [-0.3, -0.25) is 14.9 Å². The topological polar surface area (TPSA) is 108 Å². The molecule has 1 aliphatic rings. The fourth-order valence-corrected chi connectivity index (χ4v) is 2.98. The van der Waals surface area contributed by atoms with Gasteiger partial charge in [-0.25, -0.2) is 0 Å². The fraction of sp³-hybridized carbons (Fsp3) is 0.529. The van der Waals surface area contributed by atoms with E-state index in [-0.39, 0.29) is 23.1 Å². The highest BCUT2D eigenvalue weighted by Crippen LogP contribution is 2.22. The molecule has 1 saturated heterocycles. The van der Waals surface area contributed by atoms with Gasteiger partial charge >= 0.3 is 5.97 Å². The predicted octanol–water partition coefficient (Wildman–Crippen LogP) is 2.15. The van der Waals surface area contributed by atoms with Crippen LogP contribution in [-0.2, 0) is 9.53 Å². The van der Waals surface area contributed by atoms with Crippen molar-refractivity contribution in [3.8, 4) is 6.07 Å². The second-order valence-electron chi connectivity index (χ2n) is 6.02. The van der Waals surface area contributed by atoms with Crippen LogP contribution in [0.1, 0.15) is 24.8 Å². The van der Waals surface area contributed by atoms with E-state index in [1.54, 1.807) is 6.07 Å². The van der Waals surface area contributed by atoms with E-state index in [4.69, 9.17) is 10.00 Å². The number of hydrogen-bond donors (Lipinski definition) is 1. The van der Waals surface area contributed by atoms with Gasteiger partial charge in [-0.2, -0.15) is 5.26 Å². The van der Waals surface area contributed by atoms with Crippen molar-refractivity contribution in [2.45, 2.75) is 19.3 Å². The minimum absolute atomic E-state index is 0.0117. The number of nitrogens with one attached hydrogen (secondary N) is 1. The molecule has 1 N–H and O–H groups in total. The number of non-ortho nitro benzene ring substituents is 1. The van der Waals surface area contributed by atoms with Crippen molar-refractivity contribution in [2.24, 2.45) is 5.92 Å². The molecule has 0 bridgehead atoms. The zero-order valence-corrected chi connectivity index (χ0v) is 14.2. The molecule has 0 unspecified atom stereocenters. The first-order valence-electron chi connectivity index (χ1n) is 8.27. The van der Waals surface area contributed by atoms with Gasteiger partial charge in [-0.05, 0) is 45.0 Å². The van der Waals surface area contributed by atoms with Crippen LogP contribution in [-0.4, -0.2) is 49.1 Å². The van der Waals surface area contributed by atoms with Gasteiger partial charge in [0.05, 0.1) is 29.2 Å². The number of methoxy groups -OCH3 is 1. The molecule has 0 aliphatic carbocycles. The van der Waals surface area contributed by atoms with Crippen molar-refractivity contribution < 1.29 is 14.5 Å². The number of esters is 1. The minimum atomic E-state index is -0.511. The Morgan fingerprint density at radius 1 is 1.48 bits per heavy atom. The van der Waals surface area contributed by atoms with Gasteiger partial charge < -0.3 is 15.0 Å². The molecule has 0 spiro atoms. The third-order valence-electron chi connectivity index (χ3n) is 4.42. The third kappa shape index (κ3) is 5.16. The van der Waals surface area contributed by atoms with E-state index in [9.17, 15) is 14.9 Å². The second-order valence-corrected chi connectivity index (χ2v) is 6.02. The Morgan fingerprint density at radius 3 is 2.80 bits per heavy atom. The van der Waals surface area contributed by atoms with E-state index in [1.165, 1.54) is 19.2 Å². The number of rotatable bonds is 7. The molecule has 1 fully saturated rings. The summed E-state index contributed by atoms with van der Waals surface area (Å²) in [4.78, 5) is 24.0. The summed E-state index contributed by atoms with van der Waals surface area (Å²) in [6, 6.07) is 6.22. The molecule has 0 aromatic heterocycles. The number of likely N-dealkylation sites (tertiary alicyclic amines) is 1. The van der Waals surface area contributed by atoms with Crippen molar-refractivity contribution in [1.82, 2.24) is 4.90 Å². The monoisotopic (exact) mass is 346 g/mol. The maximum atomic E-state index is 11.5. The Morgan fingerprint density at radius 2 is 2.20 bits per heavy atom. The van der Waals surface area contributed by atoms with Crippen molar-refractivity contribution in [3.05, 3.63) is 33.9 Å². The molecule has 2 rings (SSSR count). The van der Waals surface area contributed by atoms with E-state index in [2.05, 4.69) is 10.2 Å². The summed E-state index contributed by atoms with van der Waals surface area (Å²) in [5.74, 6) is -0.110. The van der Waals surface area contributed by atoms with Crippen LogP contribution in [0.25, 0.3) is 0 Å². The lowest BCUT2D eigenvalue weighted by molar-refractivity contribution is -0.384. The molecule has 0 radical (unpaired) electrons. The van der Waals surface area contributed by atoms with Crippen LogP contribution in [0, 0.1) is 27.4 Å². The van der Waals surface area contributed by atoms with Crippen molar-refractivity contribution >= 4 is 17.3 Å². The first-order valence-corrected chi connectivity index (χ1v) is 8.27. The Labute approximate surface area is 146 Å². The predicted molar refractivity (Wildman–Crippen MR) is 92.1 cm³/mol. The van der Waals surface area contributed by atoms with Crippen LogP contribution in [0.3, 0.4) is 0 Å². The second kappa shape index (κ2) is 8.99. The summed E-state index contributed by atoms with van der Waals surface area (Å²) in [5.41, 5.74) is 0.793. The summed E-state index contributed by atoms with van der Waals surface area (Å²) >= 11 is 0. The number of nitro benzene ring substituents is 1. The molecule has 0 saturated carbocycles. The summed E-state index contributed by atoms with van der Waals surface area (Å²) in [6.07, 6.45) is 2.52. The first-order chi connectivity index (χ1) is 12.0. The van der Waals surface area contributed by atoms with E-state index in [0.29, 0.717) is 12.2 Å². The Bertz CT molecular complexity index is 663. The number of nitro groups is 1. The number of carbonyl (C=O) groups excluding carboxylic acids is 1. The van der Waals surface area contributed by atoms with Crippen molar-refractivity contribution in [2.75, 3.05) is 38.6 Å². The SMILES string of the molecule is COC(=O)C1CCN(CCCNc2ccc([N+](=O)[O-])cc2C#N)CC1. The third-order valence-corrected chi connectivity index (χ3v) is 4.42. The number of ether oxygens (including phenoxy) is 1. The van der Waals surface area contributed by atoms with Crippen LogP contribution in [0.15, 0.2) is 18.2 Å². The Hall–Kier alpha value is -2.66. The van der Waals surface area contributed by atoms with Gasteiger partial charge in [0.25, 0.3) is 5.69 Å². The van der Waals surface area contributed by atoms with E-state index < -0.39 is 4.92 Å². The van der Waals surface area contributed by atoms with Crippen LogP contribution in [0.5, 0.6) is 0 Å². The molecule has 8 heteroatoms. The highest BCUT2D eigenvalue weighted by atomic mass is 16.6. The molecule has 1 aromatic rings. The summed E-state index contributed by atoms with van der Waals surface area (Å²) in [5, 5.41) is 23.0. The maximum absolute atomic E-state index is 11.5. The van der Waals surface area contributed by atoms with E-state index in [1.807, 2.05) is 6.07 Å². The Kier molecular flexibility index (Phi) is 6.71. The smallest absolute Gasteiger partial charge is 0.308 e. The zero-order chi connectivity index (χ0) is 18.2. The molecule has 8 nitrogen and oxygen atoms in total. The zero-order valence-electron chi connectivity index (χ0n) is 14.2. The quantitative estimate of drug-likeness (QED) is 0.349. The lowest BCUT2D eigenvalue weighted by atomic mass is 9.97. The van der Waals surface area contributed by atoms with E-state index in [0.717, 1.165) is 38.9 Å². The molecular formula is C17H22N4O4. The lowest BCUT2D eigenvalue weighted by Gasteiger charge is -2.30. The normalized spacial score (nSPS) is 15.4. The van der Waals surface area contributed by atoms with Gasteiger partial charge in [-0.1, -0.05) is 0 Å². The van der Waals surface area contributed by atoms with Crippen LogP contribution >= 0.6 is 0 Å². The highest BCUT2D eigenvalue weighted by Gasteiger charge is 2.25.